The summed E-state index contributed by atoms with van der Waals surface area (Å²) in [6.45, 7) is 4.33. The van der Waals surface area contributed by atoms with Crippen molar-refractivity contribution in [2.45, 2.75) is 20.3 Å². The normalized spacial score (nSPS) is 16.2. The number of nitrogens with one attached hydrogen (secondary N) is 1. The number of hydrogen-bond donors (Lipinski definition) is 2. The average Bonchev–Trinajstić information content (AvgIpc) is 2.15. The van der Waals surface area contributed by atoms with Gasteiger partial charge in [-0.2, -0.15) is 0 Å². The van der Waals surface area contributed by atoms with Gasteiger partial charge in [0.15, 0.2) is 0 Å². The van der Waals surface area contributed by atoms with Crippen LogP contribution >= 0.6 is 0 Å². The van der Waals surface area contributed by atoms with Crippen LogP contribution in [-0.4, -0.2) is 24.7 Å². The third-order valence-electron chi connectivity index (χ3n) is 2.15. The zero-order valence-corrected chi connectivity index (χ0v) is 9.08. The number of rotatable bonds is 6. The van der Waals surface area contributed by atoms with E-state index in [9.17, 15) is 4.79 Å². The molecule has 0 saturated heterocycles. The van der Waals surface area contributed by atoms with E-state index in [1.807, 2.05) is 26.1 Å². The van der Waals surface area contributed by atoms with Gasteiger partial charge in [0.05, 0.1) is 5.41 Å². The topological polar surface area (TPSA) is 49.3 Å². The Labute approximate surface area is 85.5 Å². The van der Waals surface area contributed by atoms with Crippen molar-refractivity contribution in [3.63, 3.8) is 0 Å². The Balaban J connectivity index is 4.46. The third kappa shape index (κ3) is 4.23. The fourth-order valence-electron chi connectivity index (χ4n) is 1.03. The SMILES string of the molecule is C/C=C\C=C\C(C)(CCNC)C(=O)O. The summed E-state index contributed by atoms with van der Waals surface area (Å²) < 4.78 is 0. The predicted molar refractivity (Wildman–Crippen MR) is 58.2 cm³/mol. The minimum Gasteiger partial charge on any atom is -0.481 e. The van der Waals surface area contributed by atoms with Gasteiger partial charge in [0.25, 0.3) is 0 Å². The van der Waals surface area contributed by atoms with Crippen LogP contribution in [0.3, 0.4) is 0 Å². The molecule has 0 saturated carbocycles. The van der Waals surface area contributed by atoms with Gasteiger partial charge in [-0.1, -0.05) is 24.3 Å². The number of hydrogen-bond acceptors (Lipinski definition) is 2. The largest absolute Gasteiger partial charge is 0.481 e. The molecule has 3 heteroatoms. The number of aliphatic carboxylic acids is 1. The molecule has 0 aliphatic carbocycles. The molecule has 0 aliphatic heterocycles. The molecule has 3 nitrogen and oxygen atoms in total. The first-order chi connectivity index (χ1) is 6.56. The lowest BCUT2D eigenvalue weighted by Crippen LogP contribution is -2.29. The lowest BCUT2D eigenvalue weighted by molar-refractivity contribution is -0.145. The number of allylic oxidation sites excluding steroid dienone is 3. The van der Waals surface area contributed by atoms with Gasteiger partial charge in [-0.25, -0.2) is 0 Å². The Bertz CT molecular complexity index is 233. The van der Waals surface area contributed by atoms with Crippen LogP contribution in [0.2, 0.25) is 0 Å². The summed E-state index contributed by atoms with van der Waals surface area (Å²) in [5, 5.41) is 12.0. The van der Waals surface area contributed by atoms with E-state index in [1.165, 1.54) is 0 Å². The van der Waals surface area contributed by atoms with Gasteiger partial charge >= 0.3 is 5.97 Å². The van der Waals surface area contributed by atoms with Crippen LogP contribution in [0.15, 0.2) is 24.3 Å². The minimum atomic E-state index is -0.784. The van der Waals surface area contributed by atoms with Gasteiger partial charge in [0.1, 0.15) is 0 Å². The lowest BCUT2D eigenvalue weighted by Gasteiger charge is -2.20. The zero-order chi connectivity index (χ0) is 11.0. The number of carboxylic acids is 1. The molecule has 0 amide bonds. The highest BCUT2D eigenvalue weighted by atomic mass is 16.4. The van der Waals surface area contributed by atoms with E-state index in [1.54, 1.807) is 19.1 Å². The molecule has 0 heterocycles. The summed E-state index contributed by atoms with van der Waals surface area (Å²) >= 11 is 0. The van der Waals surface area contributed by atoms with Crippen molar-refractivity contribution in [3.8, 4) is 0 Å². The van der Waals surface area contributed by atoms with Crippen molar-refractivity contribution in [3.05, 3.63) is 24.3 Å². The van der Waals surface area contributed by atoms with Crippen molar-refractivity contribution in [2.24, 2.45) is 5.41 Å². The van der Waals surface area contributed by atoms with E-state index in [2.05, 4.69) is 5.32 Å². The molecule has 1 unspecified atom stereocenters. The van der Waals surface area contributed by atoms with Crippen LogP contribution in [0.1, 0.15) is 20.3 Å². The maximum Gasteiger partial charge on any atom is 0.313 e. The second kappa shape index (κ2) is 6.38. The Morgan fingerprint density at radius 1 is 1.50 bits per heavy atom. The van der Waals surface area contributed by atoms with E-state index in [-0.39, 0.29) is 0 Å². The molecular formula is C11H19NO2. The highest BCUT2D eigenvalue weighted by molar-refractivity contribution is 5.76. The molecule has 0 aromatic rings. The molecule has 0 radical (unpaired) electrons. The van der Waals surface area contributed by atoms with E-state index < -0.39 is 11.4 Å². The van der Waals surface area contributed by atoms with Crippen molar-refractivity contribution < 1.29 is 9.90 Å². The molecule has 0 aromatic heterocycles. The van der Waals surface area contributed by atoms with Crippen LogP contribution in [0.25, 0.3) is 0 Å². The van der Waals surface area contributed by atoms with E-state index in [0.29, 0.717) is 13.0 Å². The Hall–Kier alpha value is -1.09. The monoisotopic (exact) mass is 197 g/mol. The summed E-state index contributed by atoms with van der Waals surface area (Å²) in [6.07, 6.45) is 7.81. The first-order valence-corrected chi connectivity index (χ1v) is 4.75. The molecule has 0 rings (SSSR count). The van der Waals surface area contributed by atoms with Gasteiger partial charge in [0.2, 0.25) is 0 Å². The van der Waals surface area contributed by atoms with Crippen LogP contribution in [0.4, 0.5) is 0 Å². The molecule has 0 bridgehead atoms. The number of carbonyl (C=O) groups is 1. The van der Waals surface area contributed by atoms with Gasteiger partial charge in [-0.15, -0.1) is 0 Å². The maximum absolute atomic E-state index is 11.0. The first-order valence-electron chi connectivity index (χ1n) is 4.75. The second-order valence-electron chi connectivity index (χ2n) is 3.46. The second-order valence-corrected chi connectivity index (χ2v) is 3.46. The van der Waals surface area contributed by atoms with Gasteiger partial charge < -0.3 is 10.4 Å². The van der Waals surface area contributed by atoms with E-state index in [4.69, 9.17) is 5.11 Å². The van der Waals surface area contributed by atoms with Gasteiger partial charge in [0, 0.05) is 0 Å². The van der Waals surface area contributed by atoms with Crippen molar-refractivity contribution in [1.82, 2.24) is 5.32 Å². The summed E-state index contributed by atoms with van der Waals surface area (Å²) in [7, 11) is 1.82. The molecule has 0 aromatic carbocycles. The molecule has 0 fully saturated rings. The average molecular weight is 197 g/mol. The minimum absolute atomic E-state index is 0.590. The molecule has 2 N–H and O–H groups in total. The highest BCUT2D eigenvalue weighted by Crippen LogP contribution is 2.23. The highest BCUT2D eigenvalue weighted by Gasteiger charge is 2.28. The Morgan fingerprint density at radius 2 is 2.14 bits per heavy atom. The summed E-state index contributed by atoms with van der Waals surface area (Å²) in [5.74, 6) is -0.784. The van der Waals surface area contributed by atoms with Crippen molar-refractivity contribution in [2.75, 3.05) is 13.6 Å². The molecule has 1 atom stereocenters. The first kappa shape index (κ1) is 12.9. The Morgan fingerprint density at radius 3 is 2.57 bits per heavy atom. The third-order valence-corrected chi connectivity index (χ3v) is 2.15. The fraction of sp³-hybridized carbons (Fsp3) is 0.545. The van der Waals surface area contributed by atoms with Crippen molar-refractivity contribution in [1.29, 1.82) is 0 Å². The molecular weight excluding hydrogens is 178 g/mol. The van der Waals surface area contributed by atoms with Crippen LogP contribution < -0.4 is 5.32 Å². The Kier molecular flexibility index (Phi) is 5.88. The standard InChI is InChI=1S/C11H19NO2/c1-4-5-6-7-11(2,10(13)14)8-9-12-3/h4-7,12H,8-9H2,1-3H3,(H,13,14)/b5-4-,7-6+. The summed E-state index contributed by atoms with van der Waals surface area (Å²) in [4.78, 5) is 11.0. The summed E-state index contributed by atoms with van der Waals surface area (Å²) in [6, 6.07) is 0. The smallest absolute Gasteiger partial charge is 0.313 e. The summed E-state index contributed by atoms with van der Waals surface area (Å²) in [5.41, 5.74) is -0.775. The molecule has 0 aliphatic rings. The lowest BCUT2D eigenvalue weighted by atomic mass is 9.86. The van der Waals surface area contributed by atoms with Crippen LogP contribution in [-0.2, 0) is 4.79 Å². The molecule has 0 spiro atoms. The maximum atomic E-state index is 11.0. The fourth-order valence-corrected chi connectivity index (χ4v) is 1.03. The molecule has 80 valence electrons. The van der Waals surface area contributed by atoms with Gasteiger partial charge in [-0.05, 0) is 33.9 Å². The predicted octanol–water partition coefficient (Wildman–Crippen LogP) is 1.82. The van der Waals surface area contributed by atoms with E-state index in [0.717, 1.165) is 0 Å². The van der Waals surface area contributed by atoms with Gasteiger partial charge in [-0.3, -0.25) is 4.79 Å². The van der Waals surface area contributed by atoms with Crippen molar-refractivity contribution >= 4 is 5.97 Å². The van der Waals surface area contributed by atoms with Crippen LogP contribution in [0.5, 0.6) is 0 Å². The molecule has 14 heavy (non-hydrogen) atoms. The zero-order valence-electron chi connectivity index (χ0n) is 9.08. The van der Waals surface area contributed by atoms with Crippen LogP contribution in [0, 0.1) is 5.41 Å². The quantitative estimate of drug-likeness (QED) is 0.638. The van der Waals surface area contributed by atoms with E-state index >= 15 is 0 Å². The number of carboxylic acid groups (broad SMARTS) is 1.